The first-order chi connectivity index (χ1) is 13.2. The van der Waals surface area contributed by atoms with Crippen molar-refractivity contribution in [2.45, 2.75) is 25.7 Å². The normalized spacial score (nSPS) is 12.9. The Morgan fingerprint density at radius 1 is 1.30 bits per heavy atom. The molecule has 1 aliphatic rings. The molecule has 138 valence electrons. The first kappa shape index (κ1) is 17.2. The summed E-state index contributed by atoms with van der Waals surface area (Å²) in [4.78, 5) is 21.4. The van der Waals surface area contributed by atoms with Crippen molar-refractivity contribution >= 4 is 17.4 Å². The maximum Gasteiger partial charge on any atom is 0.224 e. The number of nitrogens with one attached hydrogen (secondary N) is 2. The number of amides is 1. The first-order valence-electron chi connectivity index (χ1n) is 9.16. The Bertz CT molecular complexity index is 950. The van der Waals surface area contributed by atoms with Gasteiger partial charge in [-0.15, -0.1) is 0 Å². The zero-order valence-electron chi connectivity index (χ0n) is 15.3. The first-order valence-corrected chi connectivity index (χ1v) is 9.16. The number of fused-ring (bicyclic) bond motifs is 1. The molecule has 0 bridgehead atoms. The van der Waals surface area contributed by atoms with E-state index in [1.165, 1.54) is 5.56 Å². The summed E-state index contributed by atoms with van der Waals surface area (Å²) in [6.07, 6.45) is 6.67. The van der Waals surface area contributed by atoms with Crippen LogP contribution in [0.1, 0.15) is 24.1 Å². The fourth-order valence-electron chi connectivity index (χ4n) is 3.23. The predicted octanol–water partition coefficient (Wildman–Crippen LogP) is 2.81. The van der Waals surface area contributed by atoms with E-state index in [-0.39, 0.29) is 5.91 Å². The number of carbonyl (C=O) groups excluding carboxylic acids is 1. The summed E-state index contributed by atoms with van der Waals surface area (Å²) in [6, 6.07) is 9.76. The second-order valence-electron chi connectivity index (χ2n) is 6.67. The van der Waals surface area contributed by atoms with E-state index in [1.54, 1.807) is 17.1 Å². The number of carbonyl (C=O) groups is 1. The molecule has 27 heavy (non-hydrogen) atoms. The lowest BCUT2D eigenvalue weighted by Crippen LogP contribution is -2.15. The molecule has 0 aliphatic carbocycles. The Labute approximate surface area is 157 Å². The number of nitrogens with zero attached hydrogens (tertiary/aromatic N) is 4. The molecule has 0 atom stereocenters. The van der Waals surface area contributed by atoms with E-state index < -0.39 is 0 Å². The van der Waals surface area contributed by atoms with Crippen LogP contribution < -0.4 is 10.6 Å². The quantitative estimate of drug-likeness (QED) is 0.729. The molecule has 0 saturated carbocycles. The Hall–Kier alpha value is -3.22. The molecule has 0 aromatic carbocycles. The van der Waals surface area contributed by atoms with Gasteiger partial charge in [-0.3, -0.25) is 14.5 Å². The number of aryl methyl sites for hydroxylation is 3. The number of anilines is 2. The van der Waals surface area contributed by atoms with Crippen LogP contribution in [0.5, 0.6) is 0 Å². The average Bonchev–Trinajstić information content (AvgIpc) is 3.07. The minimum Gasteiger partial charge on any atom is -0.370 e. The fourth-order valence-corrected chi connectivity index (χ4v) is 3.23. The molecule has 0 unspecified atom stereocenters. The molecule has 0 fully saturated rings. The third-order valence-electron chi connectivity index (χ3n) is 4.57. The summed E-state index contributed by atoms with van der Waals surface area (Å²) in [7, 11) is 1.83. The van der Waals surface area contributed by atoms with Crippen molar-refractivity contribution in [2.75, 3.05) is 17.2 Å². The maximum absolute atomic E-state index is 12.5. The highest BCUT2D eigenvalue weighted by Crippen LogP contribution is 2.24. The van der Waals surface area contributed by atoms with Crippen molar-refractivity contribution < 1.29 is 4.79 Å². The van der Waals surface area contributed by atoms with Gasteiger partial charge in [0.15, 0.2) is 0 Å². The van der Waals surface area contributed by atoms with Crippen molar-refractivity contribution in [1.29, 1.82) is 0 Å². The van der Waals surface area contributed by atoms with Gasteiger partial charge in [0, 0.05) is 38.1 Å². The van der Waals surface area contributed by atoms with Crippen LogP contribution in [0.25, 0.3) is 11.4 Å². The molecule has 1 amide bonds. The van der Waals surface area contributed by atoms with Crippen LogP contribution in [0.3, 0.4) is 0 Å². The number of hydrogen-bond acceptors (Lipinski definition) is 5. The van der Waals surface area contributed by atoms with E-state index in [9.17, 15) is 4.79 Å². The van der Waals surface area contributed by atoms with Gasteiger partial charge in [0.25, 0.3) is 0 Å². The van der Waals surface area contributed by atoms with Crippen LogP contribution in [0.15, 0.2) is 42.7 Å². The van der Waals surface area contributed by atoms with Crippen LogP contribution in [0.2, 0.25) is 0 Å². The Kier molecular flexibility index (Phi) is 4.82. The molecular formula is C20H22N6O. The van der Waals surface area contributed by atoms with Crippen LogP contribution in [-0.4, -0.2) is 32.2 Å². The molecule has 3 aromatic rings. The number of hydrogen-bond donors (Lipinski definition) is 2. The van der Waals surface area contributed by atoms with Crippen molar-refractivity contribution in [1.82, 2.24) is 19.7 Å². The fraction of sp³-hybridized carbons (Fsp3) is 0.300. The highest BCUT2D eigenvalue weighted by Gasteiger charge is 2.15. The van der Waals surface area contributed by atoms with E-state index in [0.717, 1.165) is 36.6 Å². The van der Waals surface area contributed by atoms with E-state index in [2.05, 4.69) is 31.8 Å². The predicted molar refractivity (Wildman–Crippen MR) is 104 cm³/mol. The summed E-state index contributed by atoms with van der Waals surface area (Å²) in [6.45, 7) is 0.960. The summed E-state index contributed by atoms with van der Waals surface area (Å²) >= 11 is 0. The van der Waals surface area contributed by atoms with E-state index in [1.807, 2.05) is 31.3 Å². The van der Waals surface area contributed by atoms with Gasteiger partial charge < -0.3 is 10.6 Å². The smallest absolute Gasteiger partial charge is 0.224 e. The van der Waals surface area contributed by atoms with Crippen molar-refractivity contribution in [3.05, 3.63) is 54.0 Å². The van der Waals surface area contributed by atoms with Gasteiger partial charge in [-0.1, -0.05) is 12.1 Å². The highest BCUT2D eigenvalue weighted by atomic mass is 16.1. The summed E-state index contributed by atoms with van der Waals surface area (Å²) in [5, 5.41) is 10.7. The molecule has 0 radical (unpaired) electrons. The van der Waals surface area contributed by atoms with Crippen molar-refractivity contribution in [3.63, 3.8) is 0 Å². The SMILES string of the molecule is Cn1cc(NC(=O)CCc2ccc3c(n2)NCCC3)c(-c2ccccn2)n1. The van der Waals surface area contributed by atoms with Gasteiger partial charge in [-0.25, -0.2) is 4.98 Å². The maximum atomic E-state index is 12.5. The lowest BCUT2D eigenvalue weighted by Gasteiger charge is -2.17. The van der Waals surface area contributed by atoms with E-state index >= 15 is 0 Å². The largest absolute Gasteiger partial charge is 0.370 e. The molecule has 2 N–H and O–H groups in total. The molecule has 4 heterocycles. The van der Waals surface area contributed by atoms with Gasteiger partial charge in [0.05, 0.1) is 11.4 Å². The molecular weight excluding hydrogens is 340 g/mol. The van der Waals surface area contributed by atoms with E-state index in [0.29, 0.717) is 24.2 Å². The Morgan fingerprint density at radius 2 is 2.22 bits per heavy atom. The minimum atomic E-state index is -0.0624. The zero-order valence-corrected chi connectivity index (χ0v) is 15.3. The Morgan fingerprint density at radius 3 is 3.07 bits per heavy atom. The third-order valence-corrected chi connectivity index (χ3v) is 4.57. The van der Waals surface area contributed by atoms with Gasteiger partial charge in [-0.2, -0.15) is 5.10 Å². The van der Waals surface area contributed by atoms with Crippen LogP contribution in [0, 0.1) is 0 Å². The van der Waals surface area contributed by atoms with Gasteiger partial charge in [-0.05, 0) is 43.0 Å². The summed E-state index contributed by atoms with van der Waals surface area (Å²) in [5.41, 5.74) is 4.25. The Balaban J connectivity index is 1.42. The number of pyridine rings is 2. The minimum absolute atomic E-state index is 0.0624. The van der Waals surface area contributed by atoms with E-state index in [4.69, 9.17) is 0 Å². The molecule has 7 heteroatoms. The third kappa shape index (κ3) is 3.97. The lowest BCUT2D eigenvalue weighted by molar-refractivity contribution is -0.116. The average molecular weight is 362 g/mol. The summed E-state index contributed by atoms with van der Waals surface area (Å²) in [5.74, 6) is 0.900. The summed E-state index contributed by atoms with van der Waals surface area (Å²) < 4.78 is 1.68. The number of aromatic nitrogens is 4. The number of rotatable bonds is 5. The topological polar surface area (TPSA) is 84.7 Å². The van der Waals surface area contributed by atoms with Crippen LogP contribution >= 0.6 is 0 Å². The molecule has 7 nitrogen and oxygen atoms in total. The molecule has 0 spiro atoms. The van der Waals surface area contributed by atoms with Crippen LogP contribution in [0.4, 0.5) is 11.5 Å². The van der Waals surface area contributed by atoms with Crippen molar-refractivity contribution in [2.24, 2.45) is 7.05 Å². The van der Waals surface area contributed by atoms with Gasteiger partial charge in [0.1, 0.15) is 11.5 Å². The standard InChI is InChI=1S/C20H22N6O/c1-26-13-17(19(25-26)16-6-2-3-11-21-16)24-18(27)10-9-15-8-7-14-5-4-12-22-20(14)23-15/h2-3,6-8,11,13H,4-5,9-10,12H2,1H3,(H,22,23)(H,24,27). The van der Waals surface area contributed by atoms with Crippen molar-refractivity contribution in [3.8, 4) is 11.4 Å². The van der Waals surface area contributed by atoms with Gasteiger partial charge in [0.2, 0.25) is 5.91 Å². The molecule has 1 aliphatic heterocycles. The second kappa shape index (κ2) is 7.57. The highest BCUT2D eigenvalue weighted by molar-refractivity contribution is 5.94. The second-order valence-corrected chi connectivity index (χ2v) is 6.67. The zero-order chi connectivity index (χ0) is 18.6. The molecule has 0 saturated heterocycles. The lowest BCUT2D eigenvalue weighted by atomic mass is 10.1. The molecule has 3 aromatic heterocycles. The monoisotopic (exact) mass is 362 g/mol. The van der Waals surface area contributed by atoms with Gasteiger partial charge >= 0.3 is 0 Å². The van der Waals surface area contributed by atoms with Crippen LogP contribution in [-0.2, 0) is 24.7 Å². The molecule has 4 rings (SSSR count).